The van der Waals surface area contributed by atoms with Gasteiger partial charge in [-0.15, -0.1) is 0 Å². The fourth-order valence-corrected chi connectivity index (χ4v) is 2.21. The van der Waals surface area contributed by atoms with Gasteiger partial charge in [-0.2, -0.15) is 0 Å². The number of rotatable bonds is 9. The Balaban J connectivity index is 2.75. The Morgan fingerprint density at radius 2 is 2.14 bits per heavy atom. The van der Waals surface area contributed by atoms with Crippen molar-refractivity contribution in [1.29, 1.82) is 0 Å². The number of halogens is 1. The van der Waals surface area contributed by atoms with Crippen molar-refractivity contribution in [2.24, 2.45) is 5.92 Å². The second kappa shape index (κ2) is 8.90. The topological polar surface area (TPSA) is 58.6 Å². The van der Waals surface area contributed by atoms with Gasteiger partial charge in [0.25, 0.3) is 0 Å². The number of nitrogens with one attached hydrogen (secondary N) is 1. The predicted octanol–water partition coefficient (Wildman–Crippen LogP) is 3.72. The van der Waals surface area contributed by atoms with E-state index in [1.54, 1.807) is 6.07 Å². The first kappa shape index (κ1) is 17.8. The normalized spacial score (nSPS) is 12.4. The minimum atomic E-state index is -0.832. The summed E-state index contributed by atoms with van der Waals surface area (Å²) in [5.41, 5.74) is 0.881. The monoisotopic (exact) mass is 313 g/mol. The molecule has 0 saturated carbocycles. The molecular weight excluding hydrogens is 290 g/mol. The van der Waals surface area contributed by atoms with Gasteiger partial charge in [-0.1, -0.05) is 32.4 Å². The van der Waals surface area contributed by atoms with Crippen LogP contribution in [0.2, 0.25) is 5.02 Å². The molecule has 0 aliphatic carbocycles. The van der Waals surface area contributed by atoms with Crippen LogP contribution in [0.3, 0.4) is 0 Å². The number of hydrogen-bond acceptors (Lipinski definition) is 3. The largest absolute Gasteiger partial charge is 0.493 e. The van der Waals surface area contributed by atoms with Crippen LogP contribution in [-0.2, 0) is 11.3 Å². The van der Waals surface area contributed by atoms with Crippen molar-refractivity contribution in [3.63, 3.8) is 0 Å². The number of carboxylic acids is 1. The van der Waals surface area contributed by atoms with Gasteiger partial charge in [0, 0.05) is 17.1 Å². The first-order chi connectivity index (χ1) is 9.93. The molecule has 1 rings (SSSR count). The van der Waals surface area contributed by atoms with Crippen molar-refractivity contribution < 1.29 is 14.6 Å². The summed E-state index contributed by atoms with van der Waals surface area (Å²) in [5, 5.41) is 12.9. The van der Waals surface area contributed by atoms with Gasteiger partial charge in [-0.25, -0.2) is 0 Å². The maximum atomic E-state index is 11.3. The van der Waals surface area contributed by atoms with Crippen LogP contribution in [0.1, 0.15) is 39.2 Å². The molecule has 0 amide bonds. The molecule has 0 fully saturated rings. The van der Waals surface area contributed by atoms with Crippen molar-refractivity contribution in [2.45, 2.75) is 46.2 Å². The van der Waals surface area contributed by atoms with E-state index in [1.165, 1.54) is 0 Å². The van der Waals surface area contributed by atoms with Crippen molar-refractivity contribution >= 4 is 17.6 Å². The third-order valence-electron chi connectivity index (χ3n) is 3.03. The summed E-state index contributed by atoms with van der Waals surface area (Å²) in [6, 6.07) is 4.85. The van der Waals surface area contributed by atoms with E-state index in [4.69, 9.17) is 16.3 Å². The molecule has 1 unspecified atom stereocenters. The van der Waals surface area contributed by atoms with Crippen LogP contribution in [0, 0.1) is 5.92 Å². The lowest BCUT2D eigenvalue weighted by atomic mass is 10.0. The molecule has 0 spiro atoms. The van der Waals surface area contributed by atoms with E-state index >= 15 is 0 Å². The SMILES string of the molecule is CCCOc1ccc(Cl)cc1CNC(CC(C)C)C(=O)O. The van der Waals surface area contributed by atoms with Crippen LogP contribution in [0.15, 0.2) is 18.2 Å². The third kappa shape index (κ3) is 6.36. The summed E-state index contributed by atoms with van der Waals surface area (Å²) < 4.78 is 5.67. The fraction of sp³-hybridized carbons (Fsp3) is 0.562. The lowest BCUT2D eigenvalue weighted by molar-refractivity contribution is -0.140. The van der Waals surface area contributed by atoms with E-state index in [9.17, 15) is 9.90 Å². The number of ether oxygens (including phenoxy) is 1. The highest BCUT2D eigenvalue weighted by Crippen LogP contribution is 2.23. The molecule has 0 radical (unpaired) electrons. The lowest BCUT2D eigenvalue weighted by Gasteiger charge is -2.18. The van der Waals surface area contributed by atoms with E-state index < -0.39 is 12.0 Å². The molecule has 4 nitrogen and oxygen atoms in total. The van der Waals surface area contributed by atoms with Crippen LogP contribution < -0.4 is 10.1 Å². The molecule has 2 N–H and O–H groups in total. The Morgan fingerprint density at radius 1 is 1.43 bits per heavy atom. The van der Waals surface area contributed by atoms with Gasteiger partial charge >= 0.3 is 5.97 Å². The molecule has 0 bridgehead atoms. The maximum Gasteiger partial charge on any atom is 0.320 e. The van der Waals surface area contributed by atoms with E-state index in [1.807, 2.05) is 32.9 Å². The molecule has 0 heterocycles. The average Bonchev–Trinajstić information content (AvgIpc) is 2.41. The predicted molar refractivity (Wildman–Crippen MR) is 85.0 cm³/mol. The van der Waals surface area contributed by atoms with Gasteiger partial charge in [0.2, 0.25) is 0 Å². The van der Waals surface area contributed by atoms with Gasteiger partial charge in [0.05, 0.1) is 6.61 Å². The van der Waals surface area contributed by atoms with Crippen LogP contribution in [-0.4, -0.2) is 23.7 Å². The van der Waals surface area contributed by atoms with Crippen LogP contribution in [0.5, 0.6) is 5.75 Å². The molecule has 0 aliphatic rings. The Kier molecular flexibility index (Phi) is 7.54. The molecule has 0 aliphatic heterocycles. The average molecular weight is 314 g/mol. The zero-order chi connectivity index (χ0) is 15.8. The van der Waals surface area contributed by atoms with Gasteiger partial charge in [0.1, 0.15) is 11.8 Å². The molecular formula is C16H24ClNO3. The highest BCUT2D eigenvalue weighted by molar-refractivity contribution is 6.30. The molecule has 1 atom stereocenters. The summed E-state index contributed by atoms with van der Waals surface area (Å²) in [6.45, 7) is 7.10. The van der Waals surface area contributed by atoms with Crippen molar-refractivity contribution in [3.8, 4) is 5.75 Å². The van der Waals surface area contributed by atoms with E-state index in [0.717, 1.165) is 17.7 Å². The number of carbonyl (C=O) groups is 1. The number of aliphatic carboxylic acids is 1. The van der Waals surface area contributed by atoms with Gasteiger partial charge < -0.3 is 15.2 Å². The number of carboxylic acid groups (broad SMARTS) is 1. The molecule has 21 heavy (non-hydrogen) atoms. The van der Waals surface area contributed by atoms with Gasteiger partial charge in [-0.3, -0.25) is 4.79 Å². The molecule has 1 aromatic carbocycles. The first-order valence-corrected chi connectivity index (χ1v) is 7.69. The second-order valence-electron chi connectivity index (χ2n) is 5.50. The zero-order valence-electron chi connectivity index (χ0n) is 12.9. The van der Waals surface area contributed by atoms with Gasteiger partial charge in [-0.05, 0) is 37.0 Å². The third-order valence-corrected chi connectivity index (χ3v) is 3.26. The molecule has 0 aromatic heterocycles. The summed E-state index contributed by atoms with van der Waals surface area (Å²) >= 11 is 6.01. The van der Waals surface area contributed by atoms with E-state index in [2.05, 4.69) is 5.32 Å². The summed E-state index contributed by atoms with van der Waals surface area (Å²) in [7, 11) is 0. The minimum Gasteiger partial charge on any atom is -0.493 e. The van der Waals surface area contributed by atoms with Crippen molar-refractivity contribution in [1.82, 2.24) is 5.32 Å². The van der Waals surface area contributed by atoms with E-state index in [-0.39, 0.29) is 0 Å². The summed E-state index contributed by atoms with van der Waals surface area (Å²) in [6.07, 6.45) is 1.50. The molecule has 0 saturated heterocycles. The molecule has 5 heteroatoms. The maximum absolute atomic E-state index is 11.3. The van der Waals surface area contributed by atoms with Crippen molar-refractivity contribution in [3.05, 3.63) is 28.8 Å². The summed E-state index contributed by atoms with van der Waals surface area (Å²) in [4.78, 5) is 11.3. The Morgan fingerprint density at radius 3 is 2.71 bits per heavy atom. The Labute approximate surface area is 131 Å². The van der Waals surface area contributed by atoms with Crippen LogP contribution in [0.25, 0.3) is 0 Å². The van der Waals surface area contributed by atoms with Crippen LogP contribution >= 0.6 is 11.6 Å². The highest BCUT2D eigenvalue weighted by atomic mass is 35.5. The Hall–Kier alpha value is -1.26. The molecule has 1 aromatic rings. The first-order valence-electron chi connectivity index (χ1n) is 7.31. The number of hydrogen-bond donors (Lipinski definition) is 2. The molecule has 118 valence electrons. The smallest absolute Gasteiger partial charge is 0.320 e. The van der Waals surface area contributed by atoms with Crippen molar-refractivity contribution in [2.75, 3.05) is 6.61 Å². The second-order valence-corrected chi connectivity index (χ2v) is 5.94. The van der Waals surface area contributed by atoms with E-state index in [0.29, 0.717) is 30.5 Å². The number of benzene rings is 1. The minimum absolute atomic E-state index is 0.314. The van der Waals surface area contributed by atoms with Gasteiger partial charge in [0.15, 0.2) is 0 Å². The standard InChI is InChI=1S/C16H24ClNO3/c1-4-7-21-15-6-5-13(17)9-12(15)10-18-14(16(19)20)8-11(2)3/h5-6,9,11,14,18H,4,7-8,10H2,1-3H3,(H,19,20). The zero-order valence-corrected chi connectivity index (χ0v) is 13.6. The lowest BCUT2D eigenvalue weighted by Crippen LogP contribution is -2.37. The quantitative estimate of drug-likeness (QED) is 0.729. The fourth-order valence-electron chi connectivity index (χ4n) is 2.02. The van der Waals surface area contributed by atoms with Crippen LogP contribution in [0.4, 0.5) is 0 Å². The summed E-state index contributed by atoms with van der Waals surface area (Å²) in [5.74, 6) is 0.234. The Bertz CT molecular complexity index is 463. The highest BCUT2D eigenvalue weighted by Gasteiger charge is 2.18.